The molecule has 4 heterocycles. The fraction of sp³-hybridized carbons (Fsp3) is 0.594. The monoisotopic (exact) mass is 564 g/mol. The first kappa shape index (κ1) is 29.3. The van der Waals surface area contributed by atoms with Crippen LogP contribution in [0.5, 0.6) is 0 Å². The van der Waals surface area contributed by atoms with E-state index in [1.165, 1.54) is 0 Å². The lowest BCUT2D eigenvalue weighted by atomic mass is 9.74. The molecule has 2 saturated heterocycles. The highest BCUT2D eigenvalue weighted by Gasteiger charge is 2.74. The van der Waals surface area contributed by atoms with Crippen molar-refractivity contribution in [2.75, 3.05) is 56.2 Å². The number of hydrogen-bond donors (Lipinski definition) is 1. The molecule has 0 bridgehead atoms. The number of rotatable bonds is 10. The van der Waals surface area contributed by atoms with Crippen molar-refractivity contribution >= 4 is 29.1 Å². The smallest absolute Gasteiger partial charge is 0.253 e. The van der Waals surface area contributed by atoms with Crippen LogP contribution >= 0.6 is 0 Å². The van der Waals surface area contributed by atoms with Crippen LogP contribution in [-0.4, -0.2) is 96.3 Å². The summed E-state index contributed by atoms with van der Waals surface area (Å²) >= 11 is 0. The molecule has 5 rings (SSSR count). The van der Waals surface area contributed by atoms with E-state index in [1.807, 2.05) is 55.5 Å². The highest BCUT2D eigenvalue weighted by atomic mass is 16.5. The number of aliphatic hydroxyl groups is 1. The second-order valence-corrected chi connectivity index (χ2v) is 11.8. The normalized spacial score (nSPS) is 30.8. The van der Waals surface area contributed by atoms with Crippen LogP contribution in [0.1, 0.15) is 46.5 Å². The van der Waals surface area contributed by atoms with Gasteiger partial charge < -0.3 is 29.4 Å². The minimum Gasteiger partial charge on any atom is -0.396 e. The van der Waals surface area contributed by atoms with Crippen molar-refractivity contribution in [3.05, 3.63) is 48.6 Å². The van der Waals surface area contributed by atoms with Crippen molar-refractivity contribution in [2.24, 2.45) is 11.8 Å². The molecule has 0 aromatic heterocycles. The van der Waals surface area contributed by atoms with E-state index in [-0.39, 0.29) is 24.3 Å². The van der Waals surface area contributed by atoms with E-state index < -0.39 is 29.1 Å². The summed E-state index contributed by atoms with van der Waals surface area (Å²) in [5.41, 5.74) is -0.387. The first-order chi connectivity index (χ1) is 19.7. The molecule has 1 unspecified atom stereocenters. The Morgan fingerprint density at radius 1 is 0.902 bits per heavy atom. The third-order valence-electron chi connectivity index (χ3n) is 9.36. The number of fused-ring (bicyclic) bond motifs is 2. The second kappa shape index (κ2) is 11.6. The van der Waals surface area contributed by atoms with Crippen LogP contribution in [0.15, 0.2) is 48.6 Å². The molecule has 3 amide bonds. The average molecular weight is 565 g/mol. The minimum absolute atomic E-state index is 0.134. The largest absolute Gasteiger partial charge is 0.396 e. The zero-order valence-electron chi connectivity index (χ0n) is 24.8. The van der Waals surface area contributed by atoms with Crippen LogP contribution in [0.2, 0.25) is 0 Å². The predicted molar refractivity (Wildman–Crippen MR) is 159 cm³/mol. The molecule has 0 aliphatic carbocycles. The quantitative estimate of drug-likeness (QED) is 0.347. The van der Waals surface area contributed by atoms with Gasteiger partial charge in [-0.1, -0.05) is 37.1 Å². The maximum Gasteiger partial charge on any atom is 0.253 e. The number of unbranched alkanes of at least 4 members (excludes halogenated alkanes) is 3. The third kappa shape index (κ3) is 4.87. The molecule has 2 fully saturated rings. The Balaban J connectivity index is 1.53. The first-order valence-corrected chi connectivity index (χ1v) is 15.1. The van der Waals surface area contributed by atoms with Crippen LogP contribution < -0.4 is 9.80 Å². The molecule has 41 heavy (non-hydrogen) atoms. The fourth-order valence-corrected chi connectivity index (χ4v) is 7.29. The number of anilines is 2. The number of hydrogen-bond acceptors (Lipinski definition) is 6. The number of likely N-dealkylation sites (tertiary alicyclic amines) is 1. The molecule has 4 aliphatic rings. The zero-order chi connectivity index (χ0) is 29.4. The number of carbonyl (C=O) groups is 3. The Kier molecular flexibility index (Phi) is 8.30. The summed E-state index contributed by atoms with van der Waals surface area (Å²) in [6, 6.07) is 7.12. The van der Waals surface area contributed by atoms with Gasteiger partial charge in [-0.2, -0.15) is 0 Å². The summed E-state index contributed by atoms with van der Waals surface area (Å²) in [6.07, 6.45) is 10.7. The van der Waals surface area contributed by atoms with Crippen molar-refractivity contribution in [1.29, 1.82) is 0 Å². The molecule has 1 spiro atoms. The summed E-state index contributed by atoms with van der Waals surface area (Å²) in [4.78, 5) is 49.9. The van der Waals surface area contributed by atoms with Gasteiger partial charge in [0.25, 0.3) is 5.91 Å². The van der Waals surface area contributed by atoms with Crippen molar-refractivity contribution in [2.45, 2.75) is 63.7 Å². The Hall–Kier alpha value is -3.17. The van der Waals surface area contributed by atoms with Gasteiger partial charge in [0.2, 0.25) is 11.8 Å². The molecule has 0 radical (unpaired) electrons. The van der Waals surface area contributed by atoms with Gasteiger partial charge in [0, 0.05) is 57.8 Å². The van der Waals surface area contributed by atoms with Gasteiger partial charge in [-0.05, 0) is 57.9 Å². The molecule has 4 aliphatic heterocycles. The zero-order valence-corrected chi connectivity index (χ0v) is 24.8. The number of benzene rings is 1. The van der Waals surface area contributed by atoms with Crippen LogP contribution in [0.4, 0.5) is 11.4 Å². The predicted octanol–water partition coefficient (Wildman–Crippen LogP) is 2.99. The first-order valence-electron chi connectivity index (χ1n) is 15.1. The summed E-state index contributed by atoms with van der Waals surface area (Å²) in [5, 5.41) is 9.18. The van der Waals surface area contributed by atoms with Crippen molar-refractivity contribution in [3.63, 3.8) is 0 Å². The lowest BCUT2D eigenvalue weighted by Crippen LogP contribution is -2.56. The Labute approximate surface area is 243 Å². The summed E-state index contributed by atoms with van der Waals surface area (Å²) in [6.45, 7) is 9.22. The summed E-state index contributed by atoms with van der Waals surface area (Å²) in [5.74, 6) is -2.04. The van der Waals surface area contributed by atoms with Crippen molar-refractivity contribution in [1.82, 2.24) is 9.80 Å². The van der Waals surface area contributed by atoms with Crippen LogP contribution in [-0.2, 0) is 19.1 Å². The van der Waals surface area contributed by atoms with Gasteiger partial charge in [0.15, 0.2) is 0 Å². The van der Waals surface area contributed by atoms with E-state index in [2.05, 4.69) is 18.7 Å². The highest BCUT2D eigenvalue weighted by Crippen LogP contribution is 2.57. The Morgan fingerprint density at radius 2 is 1.59 bits per heavy atom. The molecule has 1 aromatic carbocycles. The van der Waals surface area contributed by atoms with Crippen molar-refractivity contribution in [3.8, 4) is 0 Å². The molecule has 5 atom stereocenters. The van der Waals surface area contributed by atoms with Crippen molar-refractivity contribution < 1.29 is 24.2 Å². The number of carbonyl (C=O) groups excluding carboxylic acids is 3. The molecular formula is C32H44N4O5. The number of aliphatic hydroxyl groups excluding tert-OH is 1. The van der Waals surface area contributed by atoms with Gasteiger partial charge in [-0.3, -0.25) is 14.4 Å². The van der Waals surface area contributed by atoms with Gasteiger partial charge >= 0.3 is 0 Å². The summed E-state index contributed by atoms with van der Waals surface area (Å²) in [7, 11) is 1.75. The SMILES string of the molecule is CCN(CC)c1ccc(N2CC=C[C@]34O[C@]5(C)C=CCN(C)C(=O)[C@@H]5[C@H]3C(=O)N(CCCCCCO)C4C2=O)cc1. The van der Waals surface area contributed by atoms with E-state index in [1.54, 1.807) is 21.7 Å². The molecule has 9 heteroatoms. The van der Waals surface area contributed by atoms with Gasteiger partial charge in [0.05, 0.1) is 17.4 Å². The Morgan fingerprint density at radius 3 is 2.27 bits per heavy atom. The fourth-order valence-electron chi connectivity index (χ4n) is 7.29. The maximum absolute atomic E-state index is 14.6. The van der Waals surface area contributed by atoms with Gasteiger partial charge in [-0.25, -0.2) is 0 Å². The highest BCUT2D eigenvalue weighted by molar-refractivity contribution is 6.06. The average Bonchev–Trinajstić information content (AvgIpc) is 3.23. The Bertz CT molecular complexity index is 1210. The number of likely N-dealkylation sites (N-methyl/N-ethyl adjacent to an activating group) is 1. The number of ether oxygens (including phenoxy) is 1. The van der Waals surface area contributed by atoms with Gasteiger partial charge in [0.1, 0.15) is 11.6 Å². The summed E-state index contributed by atoms with van der Waals surface area (Å²) < 4.78 is 6.86. The molecular weight excluding hydrogens is 520 g/mol. The molecule has 9 nitrogen and oxygen atoms in total. The third-order valence-corrected chi connectivity index (χ3v) is 9.36. The maximum atomic E-state index is 14.6. The van der Waals surface area contributed by atoms with E-state index in [9.17, 15) is 19.5 Å². The standard InChI is InChI=1S/C32H44N4O5/c1-5-34(6-2)23-13-15-24(16-14-23)35-21-12-18-32-26(25-28(38)33(4)19-11-17-31(25,3)41-32)29(39)36(27(32)30(35)40)20-9-7-8-10-22-37/h11-18,25-27,37H,5-10,19-22H2,1-4H3/t25-,26-,27?,31+,32-/m0/s1. The minimum atomic E-state index is -1.24. The van der Waals surface area contributed by atoms with E-state index in [0.717, 1.165) is 37.3 Å². The van der Waals surface area contributed by atoms with Crippen LogP contribution in [0, 0.1) is 11.8 Å². The molecule has 0 saturated carbocycles. The molecule has 1 N–H and O–H groups in total. The lowest BCUT2D eigenvalue weighted by molar-refractivity contribution is -0.148. The number of amides is 3. The van der Waals surface area contributed by atoms with Crippen LogP contribution in [0.3, 0.4) is 0 Å². The van der Waals surface area contributed by atoms with Gasteiger partial charge in [-0.15, -0.1) is 0 Å². The molecule has 1 aromatic rings. The van der Waals surface area contributed by atoms with Crippen LogP contribution in [0.25, 0.3) is 0 Å². The lowest BCUT2D eigenvalue weighted by Gasteiger charge is -2.37. The van der Waals surface area contributed by atoms with E-state index in [4.69, 9.17) is 4.74 Å². The topological polar surface area (TPSA) is 93.6 Å². The van der Waals surface area contributed by atoms with E-state index >= 15 is 0 Å². The molecule has 222 valence electrons. The number of nitrogens with zero attached hydrogens (tertiary/aromatic N) is 4. The van der Waals surface area contributed by atoms with E-state index in [0.29, 0.717) is 32.5 Å². The second-order valence-electron chi connectivity index (χ2n) is 11.8.